The Bertz CT molecular complexity index is 310. The van der Waals surface area contributed by atoms with Crippen molar-refractivity contribution < 1.29 is 0 Å². The third kappa shape index (κ3) is 2.94. The second kappa shape index (κ2) is 5.62. The number of nitrogens with two attached hydrogens (primary N) is 1. The lowest BCUT2D eigenvalue weighted by molar-refractivity contribution is 1.21. The van der Waals surface area contributed by atoms with Crippen molar-refractivity contribution in [1.82, 2.24) is 4.98 Å². The van der Waals surface area contributed by atoms with E-state index in [0.29, 0.717) is 0 Å². The van der Waals surface area contributed by atoms with Crippen molar-refractivity contribution >= 4 is 30.6 Å². The zero-order chi connectivity index (χ0) is 7.56. The Labute approximate surface area is 81.5 Å². The van der Waals surface area contributed by atoms with Gasteiger partial charge >= 0.3 is 0 Å². The number of aromatic amines is 1. The molecule has 0 unspecified atom stereocenters. The second-order valence-electron chi connectivity index (χ2n) is 1.83. The van der Waals surface area contributed by atoms with Crippen molar-refractivity contribution in [3.05, 3.63) is 34.2 Å². The van der Waals surface area contributed by atoms with Gasteiger partial charge in [-0.05, 0) is 12.1 Å². The minimum atomic E-state index is -0.324. The monoisotopic (exact) mass is 209 g/mol. The van der Waals surface area contributed by atoms with Gasteiger partial charge in [0, 0.05) is 6.20 Å². The Morgan fingerprint density at radius 1 is 1.50 bits per heavy atom. The van der Waals surface area contributed by atoms with Crippen molar-refractivity contribution in [2.75, 3.05) is 0 Å². The Balaban J connectivity index is 0. The molecule has 4 nitrogen and oxygen atoms in total. The zero-order valence-electron chi connectivity index (χ0n) is 6.03. The number of hydrogen-bond donors (Lipinski definition) is 3. The lowest BCUT2D eigenvalue weighted by Crippen LogP contribution is -2.22. The maximum Gasteiger partial charge on any atom is 0.258 e. The predicted molar refractivity (Wildman–Crippen MR) is 52.6 cm³/mol. The summed E-state index contributed by atoms with van der Waals surface area (Å²) in [5, 5.41) is 6.93. The molecule has 1 aromatic heterocycles. The van der Waals surface area contributed by atoms with Gasteiger partial charge in [-0.15, -0.1) is 24.8 Å². The second-order valence-corrected chi connectivity index (χ2v) is 1.83. The van der Waals surface area contributed by atoms with E-state index in [1.165, 1.54) is 12.3 Å². The Hall–Kier alpha value is -1.00. The van der Waals surface area contributed by atoms with E-state index in [1.54, 1.807) is 6.07 Å². The summed E-state index contributed by atoms with van der Waals surface area (Å²) in [6.07, 6.45) is 1.49. The molecule has 0 bridgehead atoms. The molecule has 0 aliphatic carbocycles. The fourth-order valence-electron chi connectivity index (χ4n) is 0.634. The Morgan fingerprint density at radius 3 is 2.42 bits per heavy atom. The largest absolute Gasteiger partial charge is 0.384 e. The Kier molecular flexibility index (Phi) is 6.37. The molecule has 0 amide bonds. The van der Waals surface area contributed by atoms with Crippen molar-refractivity contribution in [2.24, 2.45) is 5.73 Å². The quantitative estimate of drug-likeness (QED) is 0.466. The van der Waals surface area contributed by atoms with Gasteiger partial charge in [0.1, 0.15) is 5.84 Å². The van der Waals surface area contributed by atoms with Crippen LogP contribution in [-0.2, 0) is 0 Å². The molecule has 0 saturated carbocycles. The number of pyridine rings is 1. The van der Waals surface area contributed by atoms with Crippen LogP contribution < -0.4 is 11.3 Å². The van der Waals surface area contributed by atoms with Crippen LogP contribution in [0.25, 0.3) is 0 Å². The van der Waals surface area contributed by atoms with E-state index >= 15 is 0 Å². The van der Waals surface area contributed by atoms with Crippen molar-refractivity contribution in [2.45, 2.75) is 0 Å². The van der Waals surface area contributed by atoms with Crippen LogP contribution >= 0.6 is 24.8 Å². The third-order valence-corrected chi connectivity index (χ3v) is 1.11. The third-order valence-electron chi connectivity index (χ3n) is 1.11. The fraction of sp³-hybridized carbons (Fsp3) is 0. The van der Waals surface area contributed by atoms with E-state index in [2.05, 4.69) is 4.98 Å². The molecule has 1 rings (SSSR count). The lowest BCUT2D eigenvalue weighted by Gasteiger charge is -1.92. The number of amidine groups is 1. The van der Waals surface area contributed by atoms with E-state index in [0.717, 1.165) is 0 Å². The lowest BCUT2D eigenvalue weighted by atomic mass is 10.3. The van der Waals surface area contributed by atoms with E-state index in [4.69, 9.17) is 11.1 Å². The van der Waals surface area contributed by atoms with Crippen LogP contribution in [0.15, 0.2) is 23.1 Å². The molecule has 0 aromatic carbocycles. The molecule has 6 heteroatoms. The van der Waals surface area contributed by atoms with Crippen molar-refractivity contribution in [3.63, 3.8) is 0 Å². The molecule has 0 spiro atoms. The number of rotatable bonds is 1. The molecule has 0 aliphatic rings. The molecule has 12 heavy (non-hydrogen) atoms. The van der Waals surface area contributed by atoms with Gasteiger partial charge in [-0.1, -0.05) is 0 Å². The summed E-state index contributed by atoms with van der Waals surface area (Å²) in [5.41, 5.74) is 4.96. The molecule has 0 atom stereocenters. The SMILES string of the molecule is Cl.Cl.N=C(N)c1ccc[nH]c1=O. The first kappa shape index (κ1) is 13.6. The zero-order valence-corrected chi connectivity index (χ0v) is 7.67. The maximum absolute atomic E-state index is 10.8. The molecule has 1 aromatic rings. The highest BCUT2D eigenvalue weighted by Crippen LogP contribution is 1.84. The molecule has 0 saturated heterocycles. The maximum atomic E-state index is 10.8. The molecule has 0 fully saturated rings. The first-order valence-electron chi connectivity index (χ1n) is 2.74. The summed E-state index contributed by atoms with van der Waals surface area (Å²) in [6.45, 7) is 0. The summed E-state index contributed by atoms with van der Waals surface area (Å²) in [4.78, 5) is 13.2. The average Bonchev–Trinajstić information content (AvgIpc) is 1.88. The summed E-state index contributed by atoms with van der Waals surface area (Å²) in [6, 6.07) is 3.12. The van der Waals surface area contributed by atoms with Gasteiger partial charge in [0.25, 0.3) is 5.56 Å². The van der Waals surface area contributed by atoms with Crippen LogP contribution in [-0.4, -0.2) is 10.8 Å². The van der Waals surface area contributed by atoms with Gasteiger partial charge in [0.2, 0.25) is 0 Å². The van der Waals surface area contributed by atoms with Crippen LogP contribution in [0.4, 0.5) is 0 Å². The minimum Gasteiger partial charge on any atom is -0.384 e. The smallest absolute Gasteiger partial charge is 0.258 e. The van der Waals surface area contributed by atoms with Crippen LogP contribution in [0, 0.1) is 5.41 Å². The summed E-state index contributed by atoms with van der Waals surface area (Å²) in [7, 11) is 0. The standard InChI is InChI=1S/C6H7N3O.2ClH/c7-5(8)4-2-1-3-9-6(4)10;;/h1-3H,(H3,7,8)(H,9,10);2*1H. The predicted octanol–water partition coefficient (Wildman–Crippen LogP) is 0.503. The normalized spacial score (nSPS) is 7.67. The van der Waals surface area contributed by atoms with Crippen molar-refractivity contribution in [3.8, 4) is 0 Å². The number of nitrogen functional groups attached to an aromatic ring is 1. The van der Waals surface area contributed by atoms with Gasteiger partial charge in [0.15, 0.2) is 0 Å². The molecule has 0 aliphatic heterocycles. The highest BCUT2D eigenvalue weighted by molar-refractivity contribution is 5.94. The van der Waals surface area contributed by atoms with Crippen LogP contribution in [0.2, 0.25) is 0 Å². The average molecular weight is 210 g/mol. The van der Waals surface area contributed by atoms with Gasteiger partial charge in [-0.2, -0.15) is 0 Å². The molecular formula is C6H9Cl2N3O. The molecule has 68 valence electrons. The van der Waals surface area contributed by atoms with Crippen LogP contribution in [0.3, 0.4) is 0 Å². The first-order valence-corrected chi connectivity index (χ1v) is 2.74. The van der Waals surface area contributed by atoms with Crippen LogP contribution in [0.5, 0.6) is 0 Å². The number of halogens is 2. The minimum absolute atomic E-state index is 0. The number of nitrogens with one attached hydrogen (secondary N) is 2. The summed E-state index contributed by atoms with van der Waals surface area (Å²) >= 11 is 0. The van der Waals surface area contributed by atoms with E-state index in [9.17, 15) is 4.79 Å². The highest BCUT2D eigenvalue weighted by Gasteiger charge is 1.98. The molecule has 0 radical (unpaired) electrons. The first-order chi connectivity index (χ1) is 4.72. The molecule has 4 N–H and O–H groups in total. The van der Waals surface area contributed by atoms with Crippen molar-refractivity contribution in [1.29, 1.82) is 5.41 Å². The number of H-pyrrole nitrogens is 1. The van der Waals surface area contributed by atoms with E-state index in [1.807, 2.05) is 0 Å². The highest BCUT2D eigenvalue weighted by atomic mass is 35.5. The van der Waals surface area contributed by atoms with Gasteiger partial charge in [-0.3, -0.25) is 10.2 Å². The summed E-state index contributed by atoms with van der Waals surface area (Å²) < 4.78 is 0. The molecule has 1 heterocycles. The van der Waals surface area contributed by atoms with Gasteiger partial charge in [0.05, 0.1) is 5.56 Å². The topological polar surface area (TPSA) is 82.7 Å². The van der Waals surface area contributed by atoms with Gasteiger partial charge < -0.3 is 10.7 Å². The number of hydrogen-bond acceptors (Lipinski definition) is 2. The fourth-order valence-corrected chi connectivity index (χ4v) is 0.634. The van der Waals surface area contributed by atoms with E-state index < -0.39 is 0 Å². The molecular weight excluding hydrogens is 201 g/mol. The Morgan fingerprint density at radius 2 is 2.08 bits per heavy atom. The van der Waals surface area contributed by atoms with Crippen LogP contribution in [0.1, 0.15) is 5.56 Å². The van der Waals surface area contributed by atoms with E-state index in [-0.39, 0.29) is 41.8 Å². The van der Waals surface area contributed by atoms with Gasteiger partial charge in [-0.25, -0.2) is 0 Å². The number of aromatic nitrogens is 1. The summed E-state index contributed by atoms with van der Waals surface area (Å²) in [5.74, 6) is -0.207.